The van der Waals surface area contributed by atoms with Crippen molar-refractivity contribution in [2.24, 2.45) is 16.5 Å². The molecular weight excluding hydrogens is 138 g/mol. The molecule has 2 saturated carbocycles. The molecule has 0 amide bonds. The van der Waals surface area contributed by atoms with Gasteiger partial charge in [0.25, 0.3) is 0 Å². The van der Waals surface area contributed by atoms with Crippen LogP contribution in [0.25, 0.3) is 0 Å². The van der Waals surface area contributed by atoms with Gasteiger partial charge in [0, 0.05) is 12.1 Å². The lowest BCUT2D eigenvalue weighted by molar-refractivity contribution is 0.266. The second-order valence-electron chi connectivity index (χ2n) is 3.98. The second-order valence-corrected chi connectivity index (χ2v) is 3.98. The van der Waals surface area contributed by atoms with Crippen LogP contribution in [0.5, 0.6) is 0 Å². The van der Waals surface area contributed by atoms with Gasteiger partial charge in [0.15, 0.2) is 0 Å². The van der Waals surface area contributed by atoms with Crippen LogP contribution >= 0.6 is 0 Å². The Morgan fingerprint density at radius 3 is 2.73 bits per heavy atom. The van der Waals surface area contributed by atoms with Crippen molar-refractivity contribution in [1.82, 2.24) is 0 Å². The zero-order chi connectivity index (χ0) is 7.73. The van der Waals surface area contributed by atoms with E-state index in [0.29, 0.717) is 11.3 Å². The molecule has 0 radical (unpaired) electrons. The monoisotopic (exact) mass is 153 g/mol. The number of rotatable bonds is 1. The second kappa shape index (κ2) is 2.50. The Kier molecular flexibility index (Phi) is 1.63. The summed E-state index contributed by atoms with van der Waals surface area (Å²) in [6.07, 6.45) is 9.79. The van der Waals surface area contributed by atoms with Crippen molar-refractivity contribution in [3.05, 3.63) is 0 Å². The zero-order valence-electron chi connectivity index (χ0n) is 6.79. The molecule has 1 atom stereocenters. The number of nitrogens with zero attached hydrogens (tertiary/aromatic N) is 1. The van der Waals surface area contributed by atoms with E-state index in [2.05, 4.69) is 5.16 Å². The Hall–Kier alpha value is -0.530. The van der Waals surface area contributed by atoms with Crippen LogP contribution < -0.4 is 0 Å². The number of hydrogen-bond acceptors (Lipinski definition) is 2. The Balaban J connectivity index is 2.04. The maximum Gasteiger partial charge on any atom is 0.0472 e. The van der Waals surface area contributed by atoms with Gasteiger partial charge in [-0.1, -0.05) is 12.8 Å². The number of hydrogen-bond donors (Lipinski definition) is 1. The minimum atomic E-state index is 0.584. The van der Waals surface area contributed by atoms with E-state index < -0.39 is 0 Å². The molecule has 62 valence electrons. The molecule has 0 aliphatic heterocycles. The fourth-order valence-corrected chi connectivity index (χ4v) is 2.43. The minimum Gasteiger partial charge on any atom is -0.411 e. The predicted molar refractivity (Wildman–Crippen MR) is 43.9 cm³/mol. The van der Waals surface area contributed by atoms with E-state index >= 15 is 0 Å². The summed E-state index contributed by atoms with van der Waals surface area (Å²) in [7, 11) is 0. The lowest BCUT2D eigenvalue weighted by Gasteiger charge is -2.28. The fraction of sp³-hybridized carbons (Fsp3) is 0.889. The van der Waals surface area contributed by atoms with Crippen molar-refractivity contribution >= 4 is 6.21 Å². The molecule has 2 aliphatic rings. The summed E-state index contributed by atoms with van der Waals surface area (Å²) in [6, 6.07) is 0. The molecule has 0 aromatic rings. The summed E-state index contributed by atoms with van der Waals surface area (Å²) in [4.78, 5) is 0. The maximum atomic E-state index is 8.45. The van der Waals surface area contributed by atoms with Gasteiger partial charge in [0.1, 0.15) is 0 Å². The molecule has 0 aromatic carbocycles. The third-order valence-corrected chi connectivity index (χ3v) is 3.37. The SMILES string of the molecule is ON=CC1CCCCC12CC2. The van der Waals surface area contributed by atoms with Gasteiger partial charge in [-0.25, -0.2) is 0 Å². The van der Waals surface area contributed by atoms with Crippen molar-refractivity contribution in [3.63, 3.8) is 0 Å². The van der Waals surface area contributed by atoms with Crippen molar-refractivity contribution in [2.75, 3.05) is 0 Å². The summed E-state index contributed by atoms with van der Waals surface area (Å²) >= 11 is 0. The standard InChI is InChI=1S/C9H15NO/c11-10-7-8-3-1-2-4-9(8)5-6-9/h7-8,11H,1-6H2. The summed E-state index contributed by atoms with van der Waals surface area (Å²) < 4.78 is 0. The Labute approximate surface area is 67.3 Å². The molecule has 2 heteroatoms. The molecular formula is C9H15NO. The maximum absolute atomic E-state index is 8.45. The average Bonchev–Trinajstić information content (AvgIpc) is 2.77. The molecule has 1 N–H and O–H groups in total. The molecule has 0 bridgehead atoms. The highest BCUT2D eigenvalue weighted by atomic mass is 16.4. The highest BCUT2D eigenvalue weighted by molar-refractivity contribution is 5.62. The van der Waals surface area contributed by atoms with E-state index in [-0.39, 0.29) is 0 Å². The van der Waals surface area contributed by atoms with Crippen LogP contribution in [-0.4, -0.2) is 11.4 Å². The van der Waals surface area contributed by atoms with E-state index in [1.807, 2.05) is 0 Å². The van der Waals surface area contributed by atoms with E-state index in [1.165, 1.54) is 38.5 Å². The molecule has 2 fully saturated rings. The molecule has 2 nitrogen and oxygen atoms in total. The van der Waals surface area contributed by atoms with Crippen molar-refractivity contribution in [2.45, 2.75) is 38.5 Å². The lowest BCUT2D eigenvalue weighted by Crippen LogP contribution is -2.21. The molecule has 0 saturated heterocycles. The third kappa shape index (κ3) is 1.15. The molecule has 1 unspecified atom stereocenters. The molecule has 2 rings (SSSR count). The average molecular weight is 153 g/mol. The van der Waals surface area contributed by atoms with Crippen LogP contribution in [0.2, 0.25) is 0 Å². The van der Waals surface area contributed by atoms with E-state index in [0.717, 1.165) is 0 Å². The highest BCUT2D eigenvalue weighted by Gasteiger charge is 2.49. The smallest absolute Gasteiger partial charge is 0.0472 e. The van der Waals surface area contributed by atoms with Crippen LogP contribution in [-0.2, 0) is 0 Å². The van der Waals surface area contributed by atoms with E-state index in [4.69, 9.17) is 5.21 Å². The minimum absolute atomic E-state index is 0.584. The zero-order valence-corrected chi connectivity index (χ0v) is 6.79. The van der Waals surface area contributed by atoms with Crippen LogP contribution in [0.3, 0.4) is 0 Å². The van der Waals surface area contributed by atoms with Crippen LogP contribution in [0.1, 0.15) is 38.5 Å². The summed E-state index contributed by atoms with van der Waals surface area (Å²) in [5.74, 6) is 0.584. The summed E-state index contributed by atoms with van der Waals surface area (Å²) in [6.45, 7) is 0. The fourth-order valence-electron chi connectivity index (χ4n) is 2.43. The van der Waals surface area contributed by atoms with Gasteiger partial charge in [-0.2, -0.15) is 0 Å². The summed E-state index contributed by atoms with van der Waals surface area (Å²) in [5, 5.41) is 11.6. The quantitative estimate of drug-likeness (QED) is 0.350. The molecule has 0 heterocycles. The third-order valence-electron chi connectivity index (χ3n) is 3.37. The van der Waals surface area contributed by atoms with Gasteiger partial charge in [-0.3, -0.25) is 0 Å². The first kappa shape index (κ1) is 7.14. The van der Waals surface area contributed by atoms with Crippen LogP contribution in [0.4, 0.5) is 0 Å². The van der Waals surface area contributed by atoms with Gasteiger partial charge in [-0.15, -0.1) is 5.16 Å². The normalized spacial score (nSPS) is 34.7. The topological polar surface area (TPSA) is 32.6 Å². The van der Waals surface area contributed by atoms with Crippen molar-refractivity contribution in [3.8, 4) is 0 Å². The first-order chi connectivity index (χ1) is 5.37. The molecule has 0 aromatic heterocycles. The van der Waals surface area contributed by atoms with E-state index in [9.17, 15) is 0 Å². The summed E-state index contributed by atoms with van der Waals surface area (Å²) in [5.41, 5.74) is 0.588. The predicted octanol–water partition coefficient (Wildman–Crippen LogP) is 2.42. The molecule has 11 heavy (non-hydrogen) atoms. The van der Waals surface area contributed by atoms with Crippen LogP contribution in [0.15, 0.2) is 5.16 Å². The first-order valence-corrected chi connectivity index (χ1v) is 4.55. The lowest BCUT2D eigenvalue weighted by atomic mass is 9.77. The van der Waals surface area contributed by atoms with Gasteiger partial charge in [-0.05, 0) is 31.1 Å². The first-order valence-electron chi connectivity index (χ1n) is 4.55. The van der Waals surface area contributed by atoms with Gasteiger partial charge in [0.05, 0.1) is 0 Å². The number of oxime groups is 1. The van der Waals surface area contributed by atoms with Gasteiger partial charge >= 0.3 is 0 Å². The van der Waals surface area contributed by atoms with Gasteiger partial charge < -0.3 is 5.21 Å². The highest BCUT2D eigenvalue weighted by Crippen LogP contribution is 2.58. The van der Waals surface area contributed by atoms with Crippen molar-refractivity contribution in [1.29, 1.82) is 0 Å². The van der Waals surface area contributed by atoms with Crippen LogP contribution in [0, 0.1) is 11.3 Å². The van der Waals surface area contributed by atoms with E-state index in [1.54, 1.807) is 6.21 Å². The Morgan fingerprint density at radius 1 is 1.27 bits per heavy atom. The Morgan fingerprint density at radius 2 is 2.09 bits per heavy atom. The molecule has 2 aliphatic carbocycles. The molecule has 1 spiro atoms. The van der Waals surface area contributed by atoms with Gasteiger partial charge in [0.2, 0.25) is 0 Å². The van der Waals surface area contributed by atoms with Crippen molar-refractivity contribution < 1.29 is 5.21 Å². The largest absolute Gasteiger partial charge is 0.411 e. The Bertz CT molecular complexity index is 172.